The molecule has 1 aromatic heterocycles. The Morgan fingerprint density at radius 1 is 1.36 bits per heavy atom. The van der Waals surface area contributed by atoms with Crippen molar-refractivity contribution < 1.29 is 9.59 Å². The van der Waals surface area contributed by atoms with Gasteiger partial charge in [0.1, 0.15) is 0 Å². The van der Waals surface area contributed by atoms with Crippen LogP contribution >= 0.6 is 22.9 Å². The van der Waals surface area contributed by atoms with Crippen LogP contribution in [0.1, 0.15) is 22.2 Å². The molecular formula is C18H20ClN3O2S. The van der Waals surface area contributed by atoms with Gasteiger partial charge in [0.15, 0.2) is 0 Å². The Labute approximate surface area is 155 Å². The standard InChI is InChI=1S/C18H20ClN3O2S/c1-11(12-8-20-9-12)17(23)22-13-4-5-16(19)15(7-13)18(24)21-10-14-3-2-6-25-14/h2-7,11-12,20H,8-10H2,1H3,(H,21,24)(H,22,23). The van der Waals surface area contributed by atoms with E-state index in [4.69, 9.17) is 11.6 Å². The summed E-state index contributed by atoms with van der Waals surface area (Å²) in [6.07, 6.45) is 0. The summed E-state index contributed by atoms with van der Waals surface area (Å²) in [6.45, 7) is 4.11. The van der Waals surface area contributed by atoms with Gasteiger partial charge < -0.3 is 16.0 Å². The molecule has 1 aliphatic heterocycles. The number of amides is 2. The number of thiophene rings is 1. The minimum Gasteiger partial charge on any atom is -0.347 e. The van der Waals surface area contributed by atoms with Gasteiger partial charge in [-0.05, 0) is 48.7 Å². The molecule has 2 heterocycles. The van der Waals surface area contributed by atoms with Gasteiger partial charge in [0.25, 0.3) is 5.91 Å². The number of hydrogen-bond acceptors (Lipinski definition) is 4. The van der Waals surface area contributed by atoms with Gasteiger partial charge in [-0.1, -0.05) is 24.6 Å². The second-order valence-electron chi connectivity index (χ2n) is 6.15. The maximum atomic E-state index is 12.4. The number of carbonyl (C=O) groups is 2. The molecule has 1 saturated heterocycles. The van der Waals surface area contributed by atoms with Crippen molar-refractivity contribution in [1.29, 1.82) is 0 Å². The van der Waals surface area contributed by atoms with Crippen molar-refractivity contribution in [1.82, 2.24) is 10.6 Å². The van der Waals surface area contributed by atoms with E-state index in [9.17, 15) is 9.59 Å². The fourth-order valence-electron chi connectivity index (χ4n) is 2.59. The minimum absolute atomic E-state index is 0.0428. The van der Waals surface area contributed by atoms with Crippen LogP contribution in [-0.4, -0.2) is 24.9 Å². The Morgan fingerprint density at radius 2 is 2.16 bits per heavy atom. The Balaban J connectivity index is 1.64. The van der Waals surface area contributed by atoms with E-state index in [-0.39, 0.29) is 17.7 Å². The van der Waals surface area contributed by atoms with Crippen LogP contribution in [-0.2, 0) is 11.3 Å². The number of nitrogens with one attached hydrogen (secondary N) is 3. The van der Waals surface area contributed by atoms with E-state index in [1.165, 1.54) is 0 Å². The van der Waals surface area contributed by atoms with E-state index in [0.29, 0.717) is 28.7 Å². The van der Waals surface area contributed by atoms with Crippen molar-refractivity contribution in [2.24, 2.45) is 11.8 Å². The molecule has 0 radical (unpaired) electrons. The third-order valence-electron chi connectivity index (χ3n) is 4.42. The highest BCUT2D eigenvalue weighted by molar-refractivity contribution is 7.09. The van der Waals surface area contributed by atoms with Gasteiger partial charge in [-0.15, -0.1) is 11.3 Å². The number of carbonyl (C=O) groups excluding carboxylic acids is 2. The molecule has 3 rings (SSSR count). The van der Waals surface area contributed by atoms with E-state index in [0.717, 1.165) is 18.0 Å². The normalized spacial score (nSPS) is 15.3. The van der Waals surface area contributed by atoms with Crippen molar-refractivity contribution in [3.05, 3.63) is 51.2 Å². The second kappa shape index (κ2) is 7.99. The summed E-state index contributed by atoms with van der Waals surface area (Å²) in [7, 11) is 0. The zero-order chi connectivity index (χ0) is 17.8. The molecule has 1 unspecified atom stereocenters. The molecule has 0 aliphatic carbocycles. The van der Waals surface area contributed by atoms with Gasteiger partial charge in [0.05, 0.1) is 17.1 Å². The van der Waals surface area contributed by atoms with Crippen LogP contribution in [0, 0.1) is 11.8 Å². The molecule has 1 atom stereocenters. The number of hydrogen-bond donors (Lipinski definition) is 3. The van der Waals surface area contributed by atoms with E-state index in [1.807, 2.05) is 24.4 Å². The number of anilines is 1. The molecule has 2 amide bonds. The molecule has 2 aromatic rings. The molecule has 1 aromatic carbocycles. The van der Waals surface area contributed by atoms with Crippen molar-refractivity contribution in [2.45, 2.75) is 13.5 Å². The summed E-state index contributed by atoms with van der Waals surface area (Å²) < 4.78 is 0. The Kier molecular flexibility index (Phi) is 5.73. The molecule has 1 fully saturated rings. The summed E-state index contributed by atoms with van der Waals surface area (Å²) in [6, 6.07) is 8.86. The highest BCUT2D eigenvalue weighted by Crippen LogP contribution is 2.23. The van der Waals surface area contributed by atoms with Crippen molar-refractivity contribution in [2.75, 3.05) is 18.4 Å². The Morgan fingerprint density at radius 3 is 2.80 bits per heavy atom. The largest absolute Gasteiger partial charge is 0.347 e. The van der Waals surface area contributed by atoms with Crippen LogP contribution in [0.25, 0.3) is 0 Å². The van der Waals surface area contributed by atoms with E-state index in [1.54, 1.807) is 29.5 Å². The third kappa shape index (κ3) is 4.39. The lowest BCUT2D eigenvalue weighted by Crippen LogP contribution is -2.48. The molecule has 0 spiro atoms. The van der Waals surface area contributed by atoms with Gasteiger partial charge in [-0.25, -0.2) is 0 Å². The fourth-order valence-corrected chi connectivity index (χ4v) is 3.44. The number of halogens is 1. The van der Waals surface area contributed by atoms with Crippen LogP contribution in [0.2, 0.25) is 5.02 Å². The number of benzene rings is 1. The number of rotatable bonds is 6. The Hall–Kier alpha value is -1.89. The van der Waals surface area contributed by atoms with Gasteiger partial charge in [-0.3, -0.25) is 9.59 Å². The molecule has 3 N–H and O–H groups in total. The van der Waals surface area contributed by atoms with Gasteiger partial charge in [0, 0.05) is 16.5 Å². The first-order valence-electron chi connectivity index (χ1n) is 8.16. The van der Waals surface area contributed by atoms with Crippen LogP contribution in [0.4, 0.5) is 5.69 Å². The molecular weight excluding hydrogens is 358 g/mol. The quantitative estimate of drug-likeness (QED) is 0.724. The van der Waals surface area contributed by atoms with Gasteiger partial charge in [0.2, 0.25) is 5.91 Å². The monoisotopic (exact) mass is 377 g/mol. The van der Waals surface area contributed by atoms with Crippen LogP contribution < -0.4 is 16.0 Å². The maximum absolute atomic E-state index is 12.4. The molecule has 132 valence electrons. The zero-order valence-corrected chi connectivity index (χ0v) is 15.4. The van der Waals surface area contributed by atoms with E-state index >= 15 is 0 Å². The molecule has 1 aliphatic rings. The molecule has 25 heavy (non-hydrogen) atoms. The summed E-state index contributed by atoms with van der Waals surface area (Å²) in [5.74, 6) is -0.0154. The van der Waals surface area contributed by atoms with Crippen molar-refractivity contribution in [3.8, 4) is 0 Å². The predicted octanol–water partition coefficient (Wildman–Crippen LogP) is 3.13. The smallest absolute Gasteiger partial charge is 0.253 e. The van der Waals surface area contributed by atoms with Crippen LogP contribution in [0.5, 0.6) is 0 Å². The first-order valence-corrected chi connectivity index (χ1v) is 9.42. The summed E-state index contributed by atoms with van der Waals surface area (Å²) >= 11 is 7.73. The van der Waals surface area contributed by atoms with Crippen LogP contribution in [0.3, 0.4) is 0 Å². The van der Waals surface area contributed by atoms with Gasteiger partial charge in [-0.2, -0.15) is 0 Å². The maximum Gasteiger partial charge on any atom is 0.253 e. The van der Waals surface area contributed by atoms with Crippen LogP contribution in [0.15, 0.2) is 35.7 Å². The molecule has 7 heteroatoms. The first-order chi connectivity index (χ1) is 12.0. The average molecular weight is 378 g/mol. The fraction of sp³-hybridized carbons (Fsp3) is 0.333. The third-order valence-corrected chi connectivity index (χ3v) is 5.62. The summed E-state index contributed by atoms with van der Waals surface area (Å²) in [4.78, 5) is 25.8. The first kappa shape index (κ1) is 17.9. The molecule has 0 bridgehead atoms. The summed E-state index contributed by atoms with van der Waals surface area (Å²) in [5.41, 5.74) is 0.934. The lowest BCUT2D eigenvalue weighted by Gasteiger charge is -2.31. The molecule has 0 saturated carbocycles. The zero-order valence-electron chi connectivity index (χ0n) is 13.8. The average Bonchev–Trinajstić information content (AvgIpc) is 3.06. The lowest BCUT2D eigenvalue weighted by molar-refractivity contribution is -0.121. The van der Waals surface area contributed by atoms with Crippen molar-refractivity contribution in [3.63, 3.8) is 0 Å². The van der Waals surface area contributed by atoms with Crippen molar-refractivity contribution >= 4 is 40.4 Å². The van der Waals surface area contributed by atoms with E-state index in [2.05, 4.69) is 16.0 Å². The summed E-state index contributed by atoms with van der Waals surface area (Å²) in [5, 5.41) is 11.2. The topological polar surface area (TPSA) is 70.2 Å². The van der Waals surface area contributed by atoms with E-state index < -0.39 is 0 Å². The molecule has 5 nitrogen and oxygen atoms in total. The predicted molar refractivity (Wildman–Crippen MR) is 101 cm³/mol. The Bertz CT molecular complexity index is 760. The SMILES string of the molecule is CC(C(=O)Nc1ccc(Cl)c(C(=O)NCc2cccs2)c1)C1CNC1. The van der Waals surface area contributed by atoms with Gasteiger partial charge >= 0.3 is 0 Å². The minimum atomic E-state index is -0.259. The highest BCUT2D eigenvalue weighted by atomic mass is 35.5. The highest BCUT2D eigenvalue weighted by Gasteiger charge is 2.28. The second-order valence-corrected chi connectivity index (χ2v) is 7.59. The lowest BCUT2D eigenvalue weighted by atomic mass is 9.88.